The maximum atomic E-state index is 10.9. The van der Waals surface area contributed by atoms with Gasteiger partial charge in [-0.3, -0.25) is 4.79 Å². The van der Waals surface area contributed by atoms with Crippen LogP contribution in [-0.4, -0.2) is 31.2 Å². The fourth-order valence-electron chi connectivity index (χ4n) is 0.719. The van der Waals surface area contributed by atoms with Crippen LogP contribution in [0.1, 0.15) is 26.7 Å². The Kier molecular flexibility index (Phi) is 10.7. The molecule has 0 bridgehead atoms. The summed E-state index contributed by atoms with van der Waals surface area (Å²) in [4.78, 5) is 10.9. The number of rotatable bonds is 9. The van der Waals surface area contributed by atoms with Crippen LogP contribution in [0.4, 0.5) is 0 Å². The minimum atomic E-state index is -0.215. The second-order valence-electron chi connectivity index (χ2n) is 2.75. The van der Waals surface area contributed by atoms with Gasteiger partial charge in [-0.25, -0.2) is 0 Å². The third-order valence-electron chi connectivity index (χ3n) is 1.52. The molecule has 0 spiro atoms. The largest absolute Gasteiger partial charge is 0.468 e. The Bertz CT molecular complexity index is 165. The predicted octanol–water partition coefficient (Wildman–Crippen LogP) is 2.91. The van der Waals surface area contributed by atoms with Gasteiger partial charge < -0.3 is 9.47 Å². The van der Waals surface area contributed by atoms with Crippen LogP contribution in [0.2, 0.25) is 0 Å². The minimum Gasteiger partial charge on any atom is -0.468 e. The van der Waals surface area contributed by atoms with Crippen molar-refractivity contribution < 1.29 is 14.3 Å². The van der Waals surface area contributed by atoms with Crippen molar-refractivity contribution in [3.05, 3.63) is 4.77 Å². The average molecular weight is 251 g/mol. The highest BCUT2D eigenvalue weighted by atomic mass is 32.2. The van der Waals surface area contributed by atoms with E-state index < -0.39 is 0 Å². The van der Waals surface area contributed by atoms with E-state index in [4.69, 9.17) is 4.74 Å². The number of ether oxygens (including phenoxy) is 2. The summed E-state index contributed by atoms with van der Waals surface area (Å²) in [6.07, 6.45) is 2.34. The smallest absolute Gasteiger partial charge is 0.315 e. The number of methoxy groups -OCH3 is 1. The second kappa shape index (κ2) is 10.6. The van der Waals surface area contributed by atoms with Crippen LogP contribution >= 0.6 is 23.5 Å². The first-order valence-electron chi connectivity index (χ1n) is 5.06. The molecule has 0 rings (SSSR count). The van der Waals surface area contributed by atoms with Gasteiger partial charge in [0.2, 0.25) is 4.77 Å². The lowest BCUT2D eigenvalue weighted by atomic mass is 10.4. The Balaban J connectivity index is 3.66. The number of thioether (sulfide) groups is 2. The highest BCUT2D eigenvalue weighted by molar-refractivity contribution is 8.20. The van der Waals surface area contributed by atoms with Gasteiger partial charge in [-0.05, 0) is 19.1 Å². The lowest BCUT2D eigenvalue weighted by Gasteiger charge is -2.13. The minimum absolute atomic E-state index is 0.215. The summed E-state index contributed by atoms with van der Waals surface area (Å²) < 4.78 is 10.9. The van der Waals surface area contributed by atoms with Crippen molar-refractivity contribution in [2.75, 3.05) is 25.2 Å². The Morgan fingerprint density at radius 1 is 1.27 bits per heavy atom. The first kappa shape index (κ1) is 15.1. The highest BCUT2D eigenvalue weighted by Crippen LogP contribution is 2.33. The molecular formula is C10H19O3S2. The fraction of sp³-hybridized carbons (Fsp3) is 0.800. The van der Waals surface area contributed by atoms with Gasteiger partial charge in [-0.2, -0.15) is 0 Å². The zero-order valence-corrected chi connectivity index (χ0v) is 11.2. The molecule has 1 radical (unpaired) electrons. The Morgan fingerprint density at radius 2 is 2.00 bits per heavy atom. The van der Waals surface area contributed by atoms with Crippen LogP contribution in [0.3, 0.4) is 0 Å². The normalized spacial score (nSPS) is 10.7. The molecule has 3 nitrogen and oxygen atoms in total. The number of hydrogen-bond donors (Lipinski definition) is 0. The first-order chi connectivity index (χ1) is 7.24. The van der Waals surface area contributed by atoms with E-state index in [1.165, 1.54) is 31.7 Å². The third-order valence-corrected chi connectivity index (χ3v) is 3.80. The van der Waals surface area contributed by atoms with E-state index in [1.807, 2.05) is 6.92 Å². The van der Waals surface area contributed by atoms with E-state index in [9.17, 15) is 4.79 Å². The van der Waals surface area contributed by atoms with E-state index in [0.717, 1.165) is 10.5 Å². The van der Waals surface area contributed by atoms with Crippen molar-refractivity contribution >= 4 is 29.5 Å². The molecular weight excluding hydrogens is 232 g/mol. The van der Waals surface area contributed by atoms with Crippen molar-refractivity contribution in [1.82, 2.24) is 0 Å². The SMILES string of the molecule is CCCCS[C](OCC)SCC(=O)OC. The summed E-state index contributed by atoms with van der Waals surface area (Å²) in [5.41, 5.74) is 0. The number of unbranched alkanes of at least 4 members (excludes halogenated alkanes) is 1. The lowest BCUT2D eigenvalue weighted by Crippen LogP contribution is -2.06. The Morgan fingerprint density at radius 3 is 2.53 bits per heavy atom. The molecule has 0 aromatic carbocycles. The zero-order chi connectivity index (χ0) is 11.5. The third kappa shape index (κ3) is 9.08. The van der Waals surface area contributed by atoms with Gasteiger partial charge in [0.1, 0.15) is 0 Å². The van der Waals surface area contributed by atoms with Crippen molar-refractivity contribution in [3.8, 4) is 0 Å². The van der Waals surface area contributed by atoms with E-state index in [-0.39, 0.29) is 5.97 Å². The first-order valence-corrected chi connectivity index (χ1v) is 7.03. The molecule has 0 atom stereocenters. The van der Waals surface area contributed by atoms with Crippen LogP contribution in [0.15, 0.2) is 0 Å². The van der Waals surface area contributed by atoms with Gasteiger partial charge in [-0.15, -0.1) is 11.8 Å². The number of esters is 1. The molecule has 0 aromatic heterocycles. The molecule has 0 N–H and O–H groups in total. The molecule has 0 amide bonds. The number of hydrogen-bond acceptors (Lipinski definition) is 5. The van der Waals surface area contributed by atoms with Crippen LogP contribution in [0, 0.1) is 4.77 Å². The molecule has 0 aromatic rings. The Hall–Kier alpha value is 0.130. The van der Waals surface area contributed by atoms with E-state index in [1.54, 1.807) is 11.8 Å². The molecule has 15 heavy (non-hydrogen) atoms. The van der Waals surface area contributed by atoms with Gasteiger partial charge in [-0.1, -0.05) is 25.1 Å². The molecule has 5 heteroatoms. The van der Waals surface area contributed by atoms with E-state index in [0.29, 0.717) is 12.4 Å². The van der Waals surface area contributed by atoms with Crippen LogP contribution in [-0.2, 0) is 14.3 Å². The molecule has 0 fully saturated rings. The zero-order valence-electron chi connectivity index (χ0n) is 9.58. The summed E-state index contributed by atoms with van der Waals surface area (Å²) in [5, 5.41) is 0. The van der Waals surface area contributed by atoms with Gasteiger partial charge in [0, 0.05) is 6.61 Å². The van der Waals surface area contributed by atoms with Gasteiger partial charge >= 0.3 is 5.97 Å². The van der Waals surface area contributed by atoms with E-state index >= 15 is 0 Å². The average Bonchev–Trinajstić information content (AvgIpc) is 2.25. The van der Waals surface area contributed by atoms with Crippen LogP contribution in [0.5, 0.6) is 0 Å². The molecule has 0 unspecified atom stereocenters. The summed E-state index contributed by atoms with van der Waals surface area (Å²) >= 11 is 3.08. The van der Waals surface area contributed by atoms with Crippen molar-refractivity contribution in [3.63, 3.8) is 0 Å². The van der Waals surface area contributed by atoms with Gasteiger partial charge in [0.05, 0.1) is 12.9 Å². The quantitative estimate of drug-likeness (QED) is 0.465. The van der Waals surface area contributed by atoms with Gasteiger partial charge in [0.15, 0.2) is 0 Å². The molecule has 0 saturated heterocycles. The fourth-order valence-corrected chi connectivity index (χ4v) is 2.84. The molecule has 89 valence electrons. The van der Waals surface area contributed by atoms with Crippen LogP contribution < -0.4 is 0 Å². The highest BCUT2D eigenvalue weighted by Gasteiger charge is 2.13. The number of carbonyl (C=O) groups is 1. The summed E-state index contributed by atoms with van der Waals surface area (Å²) in [6.45, 7) is 4.74. The number of carbonyl (C=O) groups excluding carboxylic acids is 1. The van der Waals surface area contributed by atoms with Crippen molar-refractivity contribution in [2.45, 2.75) is 26.7 Å². The predicted molar refractivity (Wildman–Crippen MR) is 66.7 cm³/mol. The summed E-state index contributed by atoms with van der Waals surface area (Å²) in [7, 11) is 1.40. The van der Waals surface area contributed by atoms with E-state index in [2.05, 4.69) is 11.7 Å². The summed E-state index contributed by atoms with van der Waals surface area (Å²) in [5.74, 6) is 1.15. The molecule has 0 aliphatic rings. The summed E-state index contributed by atoms with van der Waals surface area (Å²) in [6, 6.07) is 0. The molecule has 0 heterocycles. The molecule has 0 saturated carbocycles. The topological polar surface area (TPSA) is 35.5 Å². The maximum absolute atomic E-state index is 10.9. The Labute approximate surface area is 101 Å². The molecule has 0 aliphatic carbocycles. The second-order valence-corrected chi connectivity index (χ2v) is 5.02. The van der Waals surface area contributed by atoms with Crippen molar-refractivity contribution in [1.29, 1.82) is 0 Å². The standard InChI is InChI=1S/C10H19O3S2/c1-4-6-7-14-10(13-5-2)15-8-9(11)12-3/h4-8H2,1-3H3. The van der Waals surface area contributed by atoms with Gasteiger partial charge in [0.25, 0.3) is 0 Å². The maximum Gasteiger partial charge on any atom is 0.315 e. The lowest BCUT2D eigenvalue weighted by molar-refractivity contribution is -0.137. The monoisotopic (exact) mass is 251 g/mol. The van der Waals surface area contributed by atoms with Crippen LogP contribution in [0.25, 0.3) is 0 Å². The molecule has 0 aliphatic heterocycles. The van der Waals surface area contributed by atoms with Crippen molar-refractivity contribution in [2.24, 2.45) is 0 Å².